The van der Waals surface area contributed by atoms with Crippen LogP contribution < -0.4 is 15.5 Å². The largest absolute Gasteiger partial charge is 0.355 e. The standard InChI is InChI=1S/C12H17N5O.2ClH/c1-13-11(18)8-4-14-12(15-5-8)17-6-9-2-3-10(7-17)16-9;;/h4-5,9-10,16H,2-3,6-7H2,1H3,(H,13,18);2*1H. The molecule has 112 valence electrons. The van der Waals surface area contributed by atoms with Crippen LogP contribution in [0.4, 0.5) is 5.95 Å². The third-order valence-electron chi connectivity index (χ3n) is 3.63. The van der Waals surface area contributed by atoms with Gasteiger partial charge in [-0.05, 0) is 12.8 Å². The molecule has 2 aliphatic rings. The summed E-state index contributed by atoms with van der Waals surface area (Å²) >= 11 is 0. The molecule has 2 fully saturated rings. The fourth-order valence-electron chi connectivity index (χ4n) is 2.71. The van der Waals surface area contributed by atoms with Crippen LogP contribution in [0.3, 0.4) is 0 Å². The molecule has 1 aromatic rings. The maximum absolute atomic E-state index is 11.4. The van der Waals surface area contributed by atoms with Crippen LogP contribution >= 0.6 is 24.8 Å². The van der Waals surface area contributed by atoms with Crippen molar-refractivity contribution in [2.24, 2.45) is 0 Å². The summed E-state index contributed by atoms with van der Waals surface area (Å²) in [4.78, 5) is 22.2. The van der Waals surface area contributed by atoms with Gasteiger partial charge in [0.1, 0.15) is 0 Å². The number of halogens is 2. The van der Waals surface area contributed by atoms with E-state index >= 15 is 0 Å². The van der Waals surface area contributed by atoms with Gasteiger partial charge in [-0.15, -0.1) is 24.8 Å². The molecule has 1 amide bonds. The lowest BCUT2D eigenvalue weighted by Crippen LogP contribution is -2.51. The number of nitrogens with zero attached hydrogens (tertiary/aromatic N) is 3. The second-order valence-corrected chi connectivity index (χ2v) is 4.89. The van der Waals surface area contributed by atoms with Crippen LogP contribution in [-0.2, 0) is 0 Å². The SMILES string of the molecule is CNC(=O)c1cnc(N2CC3CCC(C2)N3)nc1.Cl.Cl. The van der Waals surface area contributed by atoms with Crippen molar-refractivity contribution in [1.29, 1.82) is 0 Å². The highest BCUT2D eigenvalue weighted by molar-refractivity contribution is 5.93. The van der Waals surface area contributed by atoms with E-state index in [9.17, 15) is 4.79 Å². The fourth-order valence-corrected chi connectivity index (χ4v) is 2.71. The summed E-state index contributed by atoms with van der Waals surface area (Å²) in [5.41, 5.74) is 0.499. The third-order valence-corrected chi connectivity index (χ3v) is 3.63. The minimum Gasteiger partial charge on any atom is -0.355 e. The van der Waals surface area contributed by atoms with E-state index in [4.69, 9.17) is 0 Å². The molecule has 0 aliphatic carbocycles. The Kier molecular flexibility index (Phi) is 5.98. The number of carbonyl (C=O) groups is 1. The molecule has 8 heteroatoms. The number of anilines is 1. The van der Waals surface area contributed by atoms with Crippen molar-refractivity contribution in [3.8, 4) is 0 Å². The predicted molar refractivity (Wildman–Crippen MR) is 82.1 cm³/mol. The molecule has 0 spiro atoms. The van der Waals surface area contributed by atoms with Gasteiger partial charge in [0.05, 0.1) is 5.56 Å². The van der Waals surface area contributed by atoms with Gasteiger partial charge in [0, 0.05) is 44.6 Å². The highest BCUT2D eigenvalue weighted by Gasteiger charge is 2.33. The summed E-state index contributed by atoms with van der Waals surface area (Å²) in [6.45, 7) is 1.91. The molecule has 3 rings (SSSR count). The summed E-state index contributed by atoms with van der Waals surface area (Å²) in [6.07, 6.45) is 5.64. The zero-order chi connectivity index (χ0) is 12.5. The molecule has 1 aromatic heterocycles. The molecule has 20 heavy (non-hydrogen) atoms. The molecular formula is C12H19Cl2N5O. The van der Waals surface area contributed by atoms with E-state index < -0.39 is 0 Å². The summed E-state index contributed by atoms with van der Waals surface area (Å²) < 4.78 is 0. The lowest BCUT2D eigenvalue weighted by Gasteiger charge is -2.32. The molecule has 2 bridgehead atoms. The minimum atomic E-state index is -0.151. The number of piperazine rings is 1. The smallest absolute Gasteiger partial charge is 0.254 e. The summed E-state index contributed by atoms with van der Waals surface area (Å²) in [5, 5.41) is 6.13. The van der Waals surface area contributed by atoms with E-state index in [1.54, 1.807) is 19.4 Å². The quantitative estimate of drug-likeness (QED) is 0.836. The molecule has 3 heterocycles. The number of hydrogen-bond donors (Lipinski definition) is 2. The normalized spacial score (nSPS) is 23.6. The second kappa shape index (κ2) is 7.06. The van der Waals surface area contributed by atoms with Crippen molar-refractivity contribution < 1.29 is 4.79 Å². The summed E-state index contributed by atoms with van der Waals surface area (Å²) in [7, 11) is 1.60. The summed E-state index contributed by atoms with van der Waals surface area (Å²) in [5.74, 6) is 0.572. The number of aromatic nitrogens is 2. The van der Waals surface area contributed by atoms with E-state index in [1.165, 1.54) is 12.8 Å². The number of rotatable bonds is 2. The Labute approximate surface area is 130 Å². The van der Waals surface area contributed by atoms with Crippen molar-refractivity contribution in [3.05, 3.63) is 18.0 Å². The van der Waals surface area contributed by atoms with E-state index in [2.05, 4.69) is 25.5 Å². The Morgan fingerprint density at radius 2 is 1.80 bits per heavy atom. The molecule has 0 aromatic carbocycles. The average Bonchev–Trinajstić information content (AvgIpc) is 2.77. The molecule has 2 aliphatic heterocycles. The summed E-state index contributed by atoms with van der Waals surface area (Å²) in [6, 6.07) is 1.12. The Morgan fingerprint density at radius 3 is 2.30 bits per heavy atom. The first-order valence-electron chi connectivity index (χ1n) is 6.31. The van der Waals surface area contributed by atoms with Crippen molar-refractivity contribution in [1.82, 2.24) is 20.6 Å². The van der Waals surface area contributed by atoms with Crippen LogP contribution in [0.1, 0.15) is 23.2 Å². The van der Waals surface area contributed by atoms with Crippen molar-refractivity contribution in [2.45, 2.75) is 24.9 Å². The number of hydrogen-bond acceptors (Lipinski definition) is 5. The van der Waals surface area contributed by atoms with Crippen LogP contribution in [0.2, 0.25) is 0 Å². The lowest BCUT2D eigenvalue weighted by molar-refractivity contribution is 0.0962. The average molecular weight is 320 g/mol. The van der Waals surface area contributed by atoms with Gasteiger partial charge in [-0.1, -0.05) is 0 Å². The van der Waals surface area contributed by atoms with Gasteiger partial charge in [-0.2, -0.15) is 0 Å². The van der Waals surface area contributed by atoms with Crippen LogP contribution in [0.25, 0.3) is 0 Å². The molecule has 0 saturated carbocycles. The van der Waals surface area contributed by atoms with Crippen molar-refractivity contribution in [2.75, 3.05) is 25.0 Å². The molecule has 6 nitrogen and oxygen atoms in total. The highest BCUT2D eigenvalue weighted by atomic mass is 35.5. The van der Waals surface area contributed by atoms with E-state index in [0.717, 1.165) is 19.0 Å². The maximum Gasteiger partial charge on any atom is 0.254 e. The van der Waals surface area contributed by atoms with Gasteiger partial charge in [-0.25, -0.2) is 9.97 Å². The van der Waals surface area contributed by atoms with E-state index in [1.807, 2.05) is 0 Å². The topological polar surface area (TPSA) is 70.2 Å². The number of carbonyl (C=O) groups excluding carboxylic acids is 1. The van der Waals surface area contributed by atoms with Gasteiger partial charge in [0.15, 0.2) is 0 Å². The van der Waals surface area contributed by atoms with E-state index in [0.29, 0.717) is 17.6 Å². The first-order valence-corrected chi connectivity index (χ1v) is 6.31. The van der Waals surface area contributed by atoms with Crippen LogP contribution in [-0.4, -0.2) is 48.1 Å². The zero-order valence-electron chi connectivity index (χ0n) is 11.2. The van der Waals surface area contributed by atoms with Gasteiger partial charge in [0.25, 0.3) is 5.91 Å². The van der Waals surface area contributed by atoms with E-state index in [-0.39, 0.29) is 30.7 Å². The Balaban J connectivity index is 0.000001000. The number of fused-ring (bicyclic) bond motifs is 2. The molecule has 2 atom stereocenters. The number of nitrogens with one attached hydrogen (secondary N) is 2. The maximum atomic E-state index is 11.4. The highest BCUT2D eigenvalue weighted by Crippen LogP contribution is 2.22. The monoisotopic (exact) mass is 319 g/mol. The fraction of sp³-hybridized carbons (Fsp3) is 0.583. The molecule has 2 saturated heterocycles. The number of amides is 1. The van der Waals surface area contributed by atoms with Crippen LogP contribution in [0, 0.1) is 0 Å². The minimum absolute atomic E-state index is 0. The Morgan fingerprint density at radius 1 is 1.25 bits per heavy atom. The van der Waals surface area contributed by atoms with Gasteiger partial charge in [0.2, 0.25) is 5.95 Å². The first-order chi connectivity index (χ1) is 8.76. The first kappa shape index (κ1) is 16.9. The molecule has 2 unspecified atom stereocenters. The second-order valence-electron chi connectivity index (χ2n) is 4.89. The van der Waals surface area contributed by atoms with Gasteiger partial charge < -0.3 is 15.5 Å². The zero-order valence-corrected chi connectivity index (χ0v) is 12.8. The van der Waals surface area contributed by atoms with Crippen molar-refractivity contribution >= 4 is 36.7 Å². The Hall–Kier alpha value is -1.11. The van der Waals surface area contributed by atoms with Gasteiger partial charge >= 0.3 is 0 Å². The molecular weight excluding hydrogens is 301 g/mol. The van der Waals surface area contributed by atoms with Crippen LogP contribution in [0.5, 0.6) is 0 Å². The lowest BCUT2D eigenvalue weighted by atomic mass is 10.2. The van der Waals surface area contributed by atoms with Gasteiger partial charge in [-0.3, -0.25) is 4.79 Å². The molecule has 2 N–H and O–H groups in total. The third kappa shape index (κ3) is 3.31. The Bertz CT molecular complexity index is 444. The van der Waals surface area contributed by atoms with Crippen molar-refractivity contribution in [3.63, 3.8) is 0 Å². The predicted octanol–water partition coefficient (Wildman–Crippen LogP) is 0.620. The molecule has 0 radical (unpaired) electrons. The van der Waals surface area contributed by atoms with Crippen LogP contribution in [0.15, 0.2) is 12.4 Å².